The number of fused-ring (bicyclic) bond motifs is 7. The molecule has 1 aliphatic heterocycles. The molecule has 0 aromatic carbocycles. The first-order valence-electron chi connectivity index (χ1n) is 16.7. The molecule has 0 aromatic heterocycles. The van der Waals surface area contributed by atoms with E-state index < -0.39 is 11.3 Å². The molecule has 5 aliphatic carbocycles. The van der Waals surface area contributed by atoms with Crippen LogP contribution >= 0.6 is 0 Å². The Kier molecular flexibility index (Phi) is 6.76. The smallest absolute Gasteiger partial charge is 0.316 e. The standard InChI is InChI=1S/C36H54O5/c1-21(2)23-11-17-36(30(38)24-14-20-40-31(24)39)19-18-34(7)25(29(23)36)9-10-27-33(6)15-13-28(41-22(3)37)32(4,5)26(33)12-16-35(27,34)8/h23-29H,1,9-20H2,2-8H3/t23-,24+,25+,26-,27+,28-,29+,33-,34+,35+,36-/m0/s1. The molecule has 0 radical (unpaired) electrons. The zero-order chi connectivity index (χ0) is 29.8. The number of cyclic esters (lactones) is 1. The number of allylic oxidation sites excluding steroid dienone is 1. The summed E-state index contributed by atoms with van der Waals surface area (Å²) in [6.07, 6.45) is 11.2. The van der Waals surface area contributed by atoms with E-state index in [1.165, 1.54) is 24.8 Å². The molecule has 0 amide bonds. The molecule has 0 unspecified atom stereocenters. The van der Waals surface area contributed by atoms with Gasteiger partial charge in [-0.1, -0.05) is 46.8 Å². The maximum atomic E-state index is 14.4. The predicted octanol–water partition coefficient (Wildman–Crippen LogP) is 7.71. The van der Waals surface area contributed by atoms with E-state index in [0.29, 0.717) is 36.7 Å². The van der Waals surface area contributed by atoms with Crippen molar-refractivity contribution in [3.05, 3.63) is 12.2 Å². The quantitative estimate of drug-likeness (QED) is 0.198. The van der Waals surface area contributed by atoms with Gasteiger partial charge in [-0.3, -0.25) is 14.4 Å². The molecule has 5 saturated carbocycles. The van der Waals surface area contributed by atoms with Crippen LogP contribution in [0.5, 0.6) is 0 Å². The van der Waals surface area contributed by atoms with Crippen LogP contribution in [0.2, 0.25) is 0 Å². The highest BCUT2D eigenvalue weighted by Crippen LogP contribution is 2.77. The number of ether oxygens (including phenoxy) is 2. The van der Waals surface area contributed by atoms with Crippen molar-refractivity contribution in [1.82, 2.24) is 0 Å². The van der Waals surface area contributed by atoms with E-state index >= 15 is 0 Å². The van der Waals surface area contributed by atoms with E-state index in [1.807, 2.05) is 0 Å². The summed E-state index contributed by atoms with van der Waals surface area (Å²) in [4.78, 5) is 39.0. The lowest BCUT2D eigenvalue weighted by atomic mass is 9.32. The molecule has 6 aliphatic rings. The number of Topliss-reactive ketones (excluding diaryl/α,β-unsaturated/α-hetero) is 1. The lowest BCUT2D eigenvalue weighted by Crippen LogP contribution is -2.67. The Balaban J connectivity index is 1.36. The zero-order valence-electron chi connectivity index (χ0n) is 26.8. The Labute approximate surface area is 247 Å². The third kappa shape index (κ3) is 3.81. The Morgan fingerprint density at radius 1 is 0.829 bits per heavy atom. The molecular weight excluding hydrogens is 512 g/mol. The van der Waals surface area contributed by atoms with Crippen LogP contribution in [0.3, 0.4) is 0 Å². The number of rotatable bonds is 4. The molecule has 0 aromatic rings. The number of hydrogen-bond acceptors (Lipinski definition) is 5. The SMILES string of the molecule is C=C(C)[C@@H]1CC[C@]2(C(=O)[C@H]3CCOC3=O)CC[C@]3(C)[C@H](CC[C@@H]4[C@@]5(C)CC[C@H](OC(C)=O)C(C)(C)[C@@H]5CC[C@]43C)[C@@H]12. The van der Waals surface area contributed by atoms with Crippen LogP contribution in [0.1, 0.15) is 119 Å². The lowest BCUT2D eigenvalue weighted by molar-refractivity contribution is -0.249. The van der Waals surface area contributed by atoms with Crippen LogP contribution in [0.4, 0.5) is 0 Å². The number of ketones is 1. The van der Waals surface area contributed by atoms with Crippen LogP contribution < -0.4 is 0 Å². The second-order valence-corrected chi connectivity index (χ2v) is 16.7. The van der Waals surface area contributed by atoms with Crippen molar-refractivity contribution in [2.24, 2.45) is 62.6 Å². The summed E-state index contributed by atoms with van der Waals surface area (Å²) in [7, 11) is 0. The van der Waals surface area contributed by atoms with Crippen molar-refractivity contribution < 1.29 is 23.9 Å². The van der Waals surface area contributed by atoms with Gasteiger partial charge in [-0.15, -0.1) is 0 Å². The summed E-state index contributed by atoms with van der Waals surface area (Å²) in [6.45, 7) is 21.0. The van der Waals surface area contributed by atoms with Crippen LogP contribution in [-0.2, 0) is 23.9 Å². The van der Waals surface area contributed by atoms with Gasteiger partial charge in [0.1, 0.15) is 12.0 Å². The largest absolute Gasteiger partial charge is 0.465 e. The van der Waals surface area contributed by atoms with Gasteiger partial charge in [-0.2, -0.15) is 0 Å². The minimum Gasteiger partial charge on any atom is -0.465 e. The van der Waals surface area contributed by atoms with Gasteiger partial charge < -0.3 is 9.47 Å². The van der Waals surface area contributed by atoms with Gasteiger partial charge in [-0.25, -0.2) is 0 Å². The molecule has 1 heterocycles. The zero-order valence-corrected chi connectivity index (χ0v) is 26.8. The monoisotopic (exact) mass is 566 g/mol. The summed E-state index contributed by atoms with van der Waals surface area (Å²) in [5.74, 6) is 1.42. The third-order valence-corrected chi connectivity index (χ3v) is 15.1. The van der Waals surface area contributed by atoms with Crippen molar-refractivity contribution in [3.8, 4) is 0 Å². The van der Waals surface area contributed by atoms with Crippen molar-refractivity contribution in [2.45, 2.75) is 125 Å². The van der Waals surface area contributed by atoms with Gasteiger partial charge in [0, 0.05) is 24.2 Å². The van der Waals surface area contributed by atoms with E-state index in [4.69, 9.17) is 9.47 Å². The minimum absolute atomic E-state index is 0.00671. The Morgan fingerprint density at radius 2 is 1.56 bits per heavy atom. The van der Waals surface area contributed by atoms with E-state index in [1.54, 1.807) is 6.92 Å². The minimum atomic E-state index is -0.568. The van der Waals surface area contributed by atoms with E-state index in [9.17, 15) is 14.4 Å². The lowest BCUT2D eigenvalue weighted by Gasteiger charge is -2.73. The van der Waals surface area contributed by atoms with Crippen LogP contribution in [0.15, 0.2) is 12.2 Å². The molecule has 228 valence electrons. The van der Waals surface area contributed by atoms with Gasteiger partial charge in [0.2, 0.25) is 0 Å². The van der Waals surface area contributed by atoms with Gasteiger partial charge in [-0.05, 0) is 117 Å². The maximum Gasteiger partial charge on any atom is 0.316 e. The Hall–Kier alpha value is -1.65. The molecule has 5 heteroatoms. The average molecular weight is 567 g/mol. The molecule has 6 rings (SSSR count). The van der Waals surface area contributed by atoms with Gasteiger partial charge in [0.05, 0.1) is 6.61 Å². The number of carbonyl (C=O) groups excluding carboxylic acids is 3. The second kappa shape index (κ2) is 9.42. The topological polar surface area (TPSA) is 69.7 Å². The number of esters is 2. The van der Waals surface area contributed by atoms with E-state index in [2.05, 4.69) is 48.1 Å². The molecule has 11 atom stereocenters. The van der Waals surface area contributed by atoms with Gasteiger partial charge in [0.15, 0.2) is 5.78 Å². The number of hydrogen-bond donors (Lipinski definition) is 0. The molecule has 0 bridgehead atoms. The molecule has 41 heavy (non-hydrogen) atoms. The molecule has 0 N–H and O–H groups in total. The van der Waals surface area contributed by atoms with E-state index in [-0.39, 0.29) is 51.4 Å². The normalized spacial score (nSPS) is 50.0. The number of carbonyl (C=O) groups is 3. The van der Waals surface area contributed by atoms with Crippen molar-refractivity contribution in [3.63, 3.8) is 0 Å². The molecule has 1 saturated heterocycles. The summed E-state index contributed by atoms with van der Waals surface area (Å²) in [5.41, 5.74) is 1.31. The van der Waals surface area contributed by atoms with Crippen LogP contribution in [0.25, 0.3) is 0 Å². The highest BCUT2D eigenvalue weighted by Gasteiger charge is 2.72. The first kappa shape index (κ1) is 29.4. The first-order valence-corrected chi connectivity index (χ1v) is 16.7. The fourth-order valence-corrected chi connectivity index (χ4v) is 13.0. The van der Waals surface area contributed by atoms with Crippen molar-refractivity contribution in [2.75, 3.05) is 6.61 Å². The molecular formula is C36H54O5. The van der Waals surface area contributed by atoms with Crippen LogP contribution in [-0.4, -0.2) is 30.4 Å². The third-order valence-electron chi connectivity index (χ3n) is 15.1. The van der Waals surface area contributed by atoms with E-state index in [0.717, 1.165) is 44.9 Å². The average Bonchev–Trinajstić information content (AvgIpc) is 3.50. The molecule has 6 fully saturated rings. The Bertz CT molecular complexity index is 1150. The summed E-state index contributed by atoms with van der Waals surface area (Å²) < 4.78 is 11.2. The second-order valence-electron chi connectivity index (χ2n) is 16.7. The maximum absolute atomic E-state index is 14.4. The van der Waals surface area contributed by atoms with Gasteiger partial charge in [0.25, 0.3) is 0 Å². The highest BCUT2D eigenvalue weighted by molar-refractivity contribution is 6.03. The van der Waals surface area contributed by atoms with Crippen molar-refractivity contribution in [1.29, 1.82) is 0 Å². The predicted molar refractivity (Wildman–Crippen MR) is 159 cm³/mol. The first-order chi connectivity index (χ1) is 19.1. The summed E-state index contributed by atoms with van der Waals surface area (Å²) >= 11 is 0. The molecule has 0 spiro atoms. The highest BCUT2D eigenvalue weighted by atomic mass is 16.5. The Morgan fingerprint density at radius 3 is 2.20 bits per heavy atom. The fraction of sp³-hybridized carbons (Fsp3) is 0.861. The fourth-order valence-electron chi connectivity index (χ4n) is 13.0. The van der Waals surface area contributed by atoms with Crippen molar-refractivity contribution >= 4 is 17.7 Å². The summed E-state index contributed by atoms with van der Waals surface area (Å²) in [6, 6.07) is 0. The van der Waals surface area contributed by atoms with Crippen LogP contribution in [0, 0.1) is 62.6 Å². The summed E-state index contributed by atoms with van der Waals surface area (Å²) in [5, 5.41) is 0. The molecule has 5 nitrogen and oxygen atoms in total. The van der Waals surface area contributed by atoms with Gasteiger partial charge >= 0.3 is 11.9 Å².